The van der Waals surface area contributed by atoms with Crippen molar-refractivity contribution in [1.29, 1.82) is 0 Å². The Morgan fingerprint density at radius 3 is 2.54 bits per heavy atom. The van der Waals surface area contributed by atoms with Gasteiger partial charge in [-0.05, 0) is 43.2 Å². The fourth-order valence-electron chi connectivity index (χ4n) is 3.94. The van der Waals surface area contributed by atoms with E-state index in [0.717, 1.165) is 53.5 Å². The number of piperidine rings is 1. The van der Waals surface area contributed by atoms with Crippen LogP contribution in [0.3, 0.4) is 0 Å². The number of ether oxygens (including phenoxy) is 2. The summed E-state index contributed by atoms with van der Waals surface area (Å²) >= 11 is 0. The summed E-state index contributed by atoms with van der Waals surface area (Å²) in [4.78, 5) is 18.8. The van der Waals surface area contributed by atoms with Crippen LogP contribution in [-0.4, -0.2) is 47.5 Å². The maximum Gasteiger partial charge on any atom is 0.219 e. The van der Waals surface area contributed by atoms with E-state index < -0.39 is 0 Å². The summed E-state index contributed by atoms with van der Waals surface area (Å²) in [6, 6.07) is 11.9. The Balaban J connectivity index is 1.82. The summed E-state index contributed by atoms with van der Waals surface area (Å²) in [6.07, 6.45) is 4.03. The third-order valence-electron chi connectivity index (χ3n) is 5.47. The number of imidazole rings is 1. The zero-order valence-electron chi connectivity index (χ0n) is 16.5. The lowest BCUT2D eigenvalue weighted by Crippen LogP contribution is -2.38. The van der Waals surface area contributed by atoms with E-state index in [4.69, 9.17) is 14.5 Å². The van der Waals surface area contributed by atoms with Crippen molar-refractivity contribution >= 4 is 11.4 Å². The molecule has 146 valence electrons. The van der Waals surface area contributed by atoms with E-state index in [2.05, 4.69) is 4.40 Å². The van der Waals surface area contributed by atoms with Gasteiger partial charge in [-0.25, -0.2) is 4.98 Å². The summed E-state index contributed by atoms with van der Waals surface area (Å²) in [7, 11) is 3.33. The summed E-state index contributed by atoms with van der Waals surface area (Å²) in [5, 5.41) is 0. The molecule has 3 aromatic rings. The number of rotatable bonds is 4. The van der Waals surface area contributed by atoms with Gasteiger partial charge in [0.2, 0.25) is 5.91 Å². The lowest BCUT2D eigenvalue weighted by molar-refractivity contribution is -0.130. The second-order valence-corrected chi connectivity index (χ2v) is 7.17. The van der Waals surface area contributed by atoms with Crippen molar-refractivity contribution in [2.24, 2.45) is 0 Å². The number of benzene rings is 1. The molecule has 1 amide bonds. The van der Waals surface area contributed by atoms with Crippen molar-refractivity contribution in [2.45, 2.75) is 25.7 Å². The van der Waals surface area contributed by atoms with Crippen LogP contribution in [0.2, 0.25) is 0 Å². The Morgan fingerprint density at radius 2 is 1.86 bits per heavy atom. The molecular weight excluding hydrogens is 354 g/mol. The number of hydrogen-bond donors (Lipinski definition) is 0. The maximum atomic E-state index is 11.9. The number of amides is 1. The average molecular weight is 379 g/mol. The predicted molar refractivity (Wildman–Crippen MR) is 108 cm³/mol. The molecule has 0 spiro atoms. The smallest absolute Gasteiger partial charge is 0.219 e. The van der Waals surface area contributed by atoms with Gasteiger partial charge < -0.3 is 18.8 Å². The van der Waals surface area contributed by atoms with Crippen LogP contribution in [0.5, 0.6) is 11.5 Å². The van der Waals surface area contributed by atoms with Gasteiger partial charge in [-0.1, -0.05) is 0 Å². The largest absolute Gasteiger partial charge is 0.497 e. The molecule has 1 saturated heterocycles. The van der Waals surface area contributed by atoms with Crippen LogP contribution in [0.4, 0.5) is 0 Å². The summed E-state index contributed by atoms with van der Waals surface area (Å²) in [5.41, 5.74) is 2.94. The lowest BCUT2D eigenvalue weighted by atomic mass is 9.97. The van der Waals surface area contributed by atoms with E-state index >= 15 is 0 Å². The van der Waals surface area contributed by atoms with Crippen LogP contribution in [-0.2, 0) is 4.79 Å². The molecule has 0 bridgehead atoms. The number of carbonyl (C=O) groups is 1. The Morgan fingerprint density at radius 1 is 1.11 bits per heavy atom. The molecule has 0 N–H and O–H groups in total. The van der Waals surface area contributed by atoms with E-state index in [1.54, 1.807) is 21.1 Å². The van der Waals surface area contributed by atoms with Gasteiger partial charge in [-0.15, -0.1) is 0 Å². The van der Waals surface area contributed by atoms with Gasteiger partial charge in [0, 0.05) is 43.8 Å². The zero-order chi connectivity index (χ0) is 19.7. The Labute approximate surface area is 164 Å². The maximum absolute atomic E-state index is 11.9. The summed E-state index contributed by atoms with van der Waals surface area (Å²) < 4.78 is 12.9. The number of likely N-dealkylation sites (tertiary alicyclic amines) is 1. The highest BCUT2D eigenvalue weighted by Gasteiger charge is 2.27. The van der Waals surface area contributed by atoms with Gasteiger partial charge in [0.1, 0.15) is 17.3 Å². The molecule has 0 aliphatic carbocycles. The first-order valence-electron chi connectivity index (χ1n) is 9.56. The number of hydrogen-bond acceptors (Lipinski definition) is 4. The molecule has 6 nitrogen and oxygen atoms in total. The van der Waals surface area contributed by atoms with Crippen molar-refractivity contribution in [1.82, 2.24) is 14.3 Å². The number of pyridine rings is 1. The highest BCUT2D eigenvalue weighted by molar-refractivity contribution is 5.79. The van der Waals surface area contributed by atoms with Crippen LogP contribution in [0.1, 0.15) is 31.5 Å². The normalized spacial score (nSPS) is 17.0. The average Bonchev–Trinajstić information content (AvgIpc) is 3.12. The highest BCUT2D eigenvalue weighted by atomic mass is 16.5. The Hall–Kier alpha value is -3.02. The molecule has 1 aliphatic heterocycles. The molecule has 28 heavy (non-hydrogen) atoms. The third-order valence-corrected chi connectivity index (χ3v) is 5.47. The molecule has 1 atom stereocenters. The molecule has 1 fully saturated rings. The summed E-state index contributed by atoms with van der Waals surface area (Å²) in [5.74, 6) is 2.94. The van der Waals surface area contributed by atoms with Crippen molar-refractivity contribution in [2.75, 3.05) is 27.3 Å². The molecule has 0 radical (unpaired) electrons. The molecule has 1 unspecified atom stereocenters. The van der Waals surface area contributed by atoms with E-state index in [-0.39, 0.29) is 11.8 Å². The van der Waals surface area contributed by atoms with Gasteiger partial charge >= 0.3 is 0 Å². The second kappa shape index (κ2) is 7.54. The van der Waals surface area contributed by atoms with Crippen LogP contribution in [0, 0.1) is 0 Å². The molecular formula is C22H25N3O3. The second-order valence-electron chi connectivity index (χ2n) is 7.17. The SMILES string of the molecule is COc1ccc(-c2nc(C3CCCN(C(C)=O)C3)n3ccc(OC)cc23)cc1. The van der Waals surface area contributed by atoms with E-state index in [0.29, 0.717) is 6.54 Å². The number of aromatic nitrogens is 2. The molecule has 0 saturated carbocycles. The Bertz CT molecular complexity index is 994. The van der Waals surface area contributed by atoms with E-state index in [1.807, 2.05) is 47.5 Å². The topological polar surface area (TPSA) is 56.1 Å². The molecule has 3 heterocycles. The minimum absolute atomic E-state index is 0.127. The van der Waals surface area contributed by atoms with Gasteiger partial charge in [-0.3, -0.25) is 4.79 Å². The van der Waals surface area contributed by atoms with Crippen LogP contribution < -0.4 is 9.47 Å². The zero-order valence-corrected chi connectivity index (χ0v) is 16.5. The third kappa shape index (κ3) is 3.30. The van der Waals surface area contributed by atoms with Crippen LogP contribution >= 0.6 is 0 Å². The number of nitrogens with zero attached hydrogens (tertiary/aromatic N) is 3. The number of methoxy groups -OCH3 is 2. The monoisotopic (exact) mass is 379 g/mol. The van der Waals surface area contributed by atoms with Crippen molar-refractivity contribution in [3.8, 4) is 22.8 Å². The van der Waals surface area contributed by atoms with Crippen LogP contribution in [0.15, 0.2) is 42.6 Å². The van der Waals surface area contributed by atoms with Crippen LogP contribution in [0.25, 0.3) is 16.8 Å². The minimum atomic E-state index is 0.127. The highest BCUT2D eigenvalue weighted by Crippen LogP contribution is 2.34. The molecule has 6 heteroatoms. The molecule has 1 aliphatic rings. The van der Waals surface area contributed by atoms with Gasteiger partial charge in [-0.2, -0.15) is 0 Å². The Kier molecular flexibility index (Phi) is 4.94. The fraction of sp³-hybridized carbons (Fsp3) is 0.364. The predicted octanol–water partition coefficient (Wildman–Crippen LogP) is 3.74. The molecule has 1 aromatic carbocycles. The lowest BCUT2D eigenvalue weighted by Gasteiger charge is -2.31. The molecule has 2 aromatic heterocycles. The van der Waals surface area contributed by atoms with Gasteiger partial charge in [0.15, 0.2) is 0 Å². The summed E-state index contributed by atoms with van der Waals surface area (Å²) in [6.45, 7) is 3.18. The van der Waals surface area contributed by atoms with Crippen molar-refractivity contribution in [3.05, 3.63) is 48.4 Å². The quantitative estimate of drug-likeness (QED) is 0.693. The first-order chi connectivity index (χ1) is 13.6. The fourth-order valence-corrected chi connectivity index (χ4v) is 3.94. The van der Waals surface area contributed by atoms with Gasteiger partial charge in [0.25, 0.3) is 0 Å². The number of fused-ring (bicyclic) bond motifs is 1. The first kappa shape index (κ1) is 18.3. The van der Waals surface area contributed by atoms with E-state index in [9.17, 15) is 4.79 Å². The van der Waals surface area contributed by atoms with E-state index in [1.165, 1.54) is 0 Å². The minimum Gasteiger partial charge on any atom is -0.497 e. The standard InChI is InChI=1S/C22H25N3O3/c1-15(26)24-11-4-5-17(14-24)22-23-21(16-6-8-18(27-2)9-7-16)20-13-19(28-3)10-12-25(20)22/h6-10,12-13,17H,4-5,11,14H2,1-3H3. The van der Waals surface area contributed by atoms with Crippen molar-refractivity contribution in [3.63, 3.8) is 0 Å². The van der Waals surface area contributed by atoms with Gasteiger partial charge in [0.05, 0.1) is 25.4 Å². The molecule has 4 rings (SSSR count). The van der Waals surface area contributed by atoms with Crippen molar-refractivity contribution < 1.29 is 14.3 Å². The first-order valence-corrected chi connectivity index (χ1v) is 9.56. The number of carbonyl (C=O) groups excluding carboxylic acids is 1.